The minimum absolute atomic E-state index is 0.285. The highest BCUT2D eigenvalue weighted by Crippen LogP contribution is 2.21. The molecule has 1 aromatic heterocycles. The second-order valence-electron chi connectivity index (χ2n) is 2.09. The molecule has 0 aliphatic rings. The first kappa shape index (κ1) is 8.24. The normalized spacial score (nSPS) is 10.2. The van der Waals surface area contributed by atoms with E-state index in [1.807, 2.05) is 0 Å². The summed E-state index contributed by atoms with van der Waals surface area (Å²) >= 11 is 5.07. The standard InChI is InChI=1S/C7H9BrOS/c8-7-4-6(5-10-7)2-1-3-9/h4-5,9H,1-3H2. The van der Waals surface area contributed by atoms with Crippen LogP contribution in [-0.2, 0) is 6.42 Å². The molecule has 0 aromatic carbocycles. The monoisotopic (exact) mass is 220 g/mol. The Balaban J connectivity index is 2.42. The van der Waals surface area contributed by atoms with Gasteiger partial charge in [0.2, 0.25) is 0 Å². The van der Waals surface area contributed by atoms with E-state index >= 15 is 0 Å². The summed E-state index contributed by atoms with van der Waals surface area (Å²) in [7, 11) is 0. The Hall–Kier alpha value is 0.140. The van der Waals surface area contributed by atoms with Crippen molar-refractivity contribution < 1.29 is 5.11 Å². The predicted molar refractivity (Wildman–Crippen MR) is 47.4 cm³/mol. The smallest absolute Gasteiger partial charge is 0.0701 e. The average Bonchev–Trinajstić information content (AvgIpc) is 2.31. The van der Waals surface area contributed by atoms with Crippen LogP contribution in [0.15, 0.2) is 15.2 Å². The van der Waals surface area contributed by atoms with E-state index in [2.05, 4.69) is 27.4 Å². The van der Waals surface area contributed by atoms with Crippen LogP contribution in [0.4, 0.5) is 0 Å². The van der Waals surface area contributed by atoms with Gasteiger partial charge in [-0.05, 0) is 45.8 Å². The molecule has 1 rings (SSSR count). The third-order valence-corrected chi connectivity index (χ3v) is 2.80. The second kappa shape index (κ2) is 4.11. The zero-order valence-corrected chi connectivity index (χ0v) is 7.91. The molecule has 0 bridgehead atoms. The molecule has 0 atom stereocenters. The van der Waals surface area contributed by atoms with Crippen molar-refractivity contribution >= 4 is 27.3 Å². The van der Waals surface area contributed by atoms with E-state index in [9.17, 15) is 0 Å². The maximum atomic E-state index is 8.53. The zero-order chi connectivity index (χ0) is 7.40. The van der Waals surface area contributed by atoms with Gasteiger partial charge in [0.15, 0.2) is 0 Å². The summed E-state index contributed by atoms with van der Waals surface area (Å²) in [6, 6.07) is 2.10. The summed E-state index contributed by atoms with van der Waals surface area (Å²) in [6.45, 7) is 0.285. The number of thiophene rings is 1. The maximum Gasteiger partial charge on any atom is 0.0701 e. The summed E-state index contributed by atoms with van der Waals surface area (Å²) in [6.07, 6.45) is 1.85. The molecule has 3 heteroatoms. The van der Waals surface area contributed by atoms with Gasteiger partial charge in [-0.15, -0.1) is 11.3 Å². The van der Waals surface area contributed by atoms with E-state index in [1.54, 1.807) is 11.3 Å². The molecule has 10 heavy (non-hydrogen) atoms. The van der Waals surface area contributed by atoms with Gasteiger partial charge < -0.3 is 5.11 Å². The minimum atomic E-state index is 0.285. The highest BCUT2D eigenvalue weighted by molar-refractivity contribution is 9.11. The number of hydrogen-bond donors (Lipinski definition) is 1. The minimum Gasteiger partial charge on any atom is -0.396 e. The predicted octanol–water partition coefficient (Wildman–Crippen LogP) is 2.44. The van der Waals surface area contributed by atoms with E-state index in [1.165, 1.54) is 9.35 Å². The van der Waals surface area contributed by atoms with Crippen molar-refractivity contribution in [3.8, 4) is 0 Å². The van der Waals surface area contributed by atoms with Crippen molar-refractivity contribution in [3.63, 3.8) is 0 Å². The van der Waals surface area contributed by atoms with Crippen molar-refractivity contribution in [1.82, 2.24) is 0 Å². The van der Waals surface area contributed by atoms with Gasteiger partial charge >= 0.3 is 0 Å². The van der Waals surface area contributed by atoms with Crippen molar-refractivity contribution in [1.29, 1.82) is 0 Å². The number of aliphatic hydroxyl groups is 1. The van der Waals surface area contributed by atoms with Crippen molar-refractivity contribution in [2.75, 3.05) is 6.61 Å². The van der Waals surface area contributed by atoms with E-state index in [0.717, 1.165) is 12.8 Å². The Kier molecular flexibility index (Phi) is 3.39. The number of rotatable bonds is 3. The van der Waals surface area contributed by atoms with Gasteiger partial charge in [0.05, 0.1) is 3.79 Å². The molecule has 1 nitrogen and oxygen atoms in total. The lowest BCUT2D eigenvalue weighted by Crippen LogP contribution is -1.85. The van der Waals surface area contributed by atoms with Gasteiger partial charge in [0, 0.05) is 6.61 Å². The first-order valence-electron chi connectivity index (χ1n) is 3.16. The van der Waals surface area contributed by atoms with Crippen LogP contribution < -0.4 is 0 Å². The molecule has 56 valence electrons. The quantitative estimate of drug-likeness (QED) is 0.831. The molecule has 0 saturated heterocycles. The fourth-order valence-corrected chi connectivity index (χ4v) is 2.00. The molecule has 0 radical (unpaired) electrons. The summed E-state index contributed by atoms with van der Waals surface area (Å²) < 4.78 is 1.17. The van der Waals surface area contributed by atoms with E-state index in [0.29, 0.717) is 0 Å². The first-order valence-corrected chi connectivity index (χ1v) is 4.84. The number of halogens is 1. The van der Waals surface area contributed by atoms with Crippen LogP contribution in [-0.4, -0.2) is 11.7 Å². The topological polar surface area (TPSA) is 20.2 Å². The van der Waals surface area contributed by atoms with Crippen LogP contribution in [0.5, 0.6) is 0 Å². The van der Waals surface area contributed by atoms with Gasteiger partial charge in [-0.3, -0.25) is 0 Å². The second-order valence-corrected chi connectivity index (χ2v) is 4.38. The van der Waals surface area contributed by atoms with Gasteiger partial charge in [0.25, 0.3) is 0 Å². The molecule has 0 amide bonds. The zero-order valence-electron chi connectivity index (χ0n) is 5.51. The summed E-state index contributed by atoms with van der Waals surface area (Å²) in [5.74, 6) is 0. The Morgan fingerprint density at radius 1 is 1.60 bits per heavy atom. The molecule has 0 unspecified atom stereocenters. The van der Waals surface area contributed by atoms with Gasteiger partial charge in [-0.1, -0.05) is 0 Å². The fourth-order valence-electron chi connectivity index (χ4n) is 0.760. The fraction of sp³-hybridized carbons (Fsp3) is 0.429. The third kappa shape index (κ3) is 2.40. The highest BCUT2D eigenvalue weighted by Gasteiger charge is 1.95. The van der Waals surface area contributed by atoms with Crippen molar-refractivity contribution in [2.24, 2.45) is 0 Å². The average molecular weight is 221 g/mol. The van der Waals surface area contributed by atoms with Gasteiger partial charge in [-0.25, -0.2) is 0 Å². The SMILES string of the molecule is OCCCc1csc(Br)c1. The summed E-state index contributed by atoms with van der Waals surface area (Å²) in [5.41, 5.74) is 1.31. The maximum absolute atomic E-state index is 8.53. The molecule has 0 fully saturated rings. The van der Waals surface area contributed by atoms with E-state index < -0.39 is 0 Å². The first-order chi connectivity index (χ1) is 4.83. The number of aliphatic hydroxyl groups excluding tert-OH is 1. The largest absolute Gasteiger partial charge is 0.396 e. The third-order valence-electron chi connectivity index (χ3n) is 1.25. The molecule has 0 spiro atoms. The summed E-state index contributed by atoms with van der Waals surface area (Å²) in [5, 5.41) is 10.6. The lowest BCUT2D eigenvalue weighted by atomic mass is 10.2. The Labute approximate surface area is 72.8 Å². The number of aryl methyl sites for hydroxylation is 1. The van der Waals surface area contributed by atoms with Crippen molar-refractivity contribution in [2.45, 2.75) is 12.8 Å². The van der Waals surface area contributed by atoms with Crippen LogP contribution in [0.1, 0.15) is 12.0 Å². The molecule has 0 aliphatic heterocycles. The number of hydrogen-bond acceptors (Lipinski definition) is 2. The van der Waals surface area contributed by atoms with E-state index in [4.69, 9.17) is 5.11 Å². The van der Waals surface area contributed by atoms with Crippen LogP contribution in [0.25, 0.3) is 0 Å². The molecular formula is C7H9BrOS. The molecular weight excluding hydrogens is 212 g/mol. The summed E-state index contributed by atoms with van der Waals surface area (Å²) in [4.78, 5) is 0. The Bertz CT molecular complexity index is 197. The molecule has 0 aliphatic carbocycles. The van der Waals surface area contributed by atoms with Crippen LogP contribution in [0.3, 0.4) is 0 Å². The van der Waals surface area contributed by atoms with E-state index in [-0.39, 0.29) is 6.61 Å². The van der Waals surface area contributed by atoms with Gasteiger partial charge in [-0.2, -0.15) is 0 Å². The Morgan fingerprint density at radius 3 is 2.90 bits per heavy atom. The molecule has 1 heterocycles. The molecule has 1 aromatic rings. The van der Waals surface area contributed by atoms with Crippen molar-refractivity contribution in [3.05, 3.63) is 20.8 Å². The lowest BCUT2D eigenvalue weighted by molar-refractivity contribution is 0.288. The van der Waals surface area contributed by atoms with Crippen LogP contribution in [0.2, 0.25) is 0 Å². The Morgan fingerprint density at radius 2 is 2.40 bits per heavy atom. The molecule has 0 saturated carbocycles. The lowest BCUT2D eigenvalue weighted by Gasteiger charge is -1.90. The molecule has 1 N–H and O–H groups in total. The van der Waals surface area contributed by atoms with Crippen LogP contribution >= 0.6 is 27.3 Å². The van der Waals surface area contributed by atoms with Gasteiger partial charge in [0.1, 0.15) is 0 Å². The highest BCUT2D eigenvalue weighted by atomic mass is 79.9. The van der Waals surface area contributed by atoms with Crippen LogP contribution in [0, 0.1) is 0 Å².